The molecule has 17 heavy (non-hydrogen) atoms. The number of H-pyrrole nitrogens is 1. The minimum Gasteiger partial charge on any atom is -0.316 e. The van der Waals surface area contributed by atoms with Crippen LogP contribution in [0.25, 0.3) is 0 Å². The van der Waals surface area contributed by atoms with Gasteiger partial charge in [0.25, 0.3) is 0 Å². The predicted molar refractivity (Wildman–Crippen MR) is 66.2 cm³/mol. The molecule has 1 atom stereocenters. The Morgan fingerprint density at radius 1 is 1.29 bits per heavy atom. The summed E-state index contributed by atoms with van der Waals surface area (Å²) in [6.07, 6.45) is 6.72. The van der Waals surface area contributed by atoms with Crippen molar-refractivity contribution in [1.29, 1.82) is 0 Å². The molecule has 1 aromatic heterocycles. The molecule has 92 valence electrons. The molecule has 1 saturated heterocycles. The van der Waals surface area contributed by atoms with Gasteiger partial charge in [-0.25, -0.2) is 4.79 Å². The van der Waals surface area contributed by atoms with E-state index in [-0.39, 0.29) is 5.69 Å². The van der Waals surface area contributed by atoms with E-state index in [2.05, 4.69) is 15.3 Å². The number of aryl methyl sites for hydroxylation is 1. The van der Waals surface area contributed by atoms with Crippen LogP contribution in [0.5, 0.6) is 0 Å². The van der Waals surface area contributed by atoms with Crippen LogP contribution in [0.2, 0.25) is 0 Å². The second-order valence-electron chi connectivity index (χ2n) is 5.22. The SMILES string of the molecule is O=c1nc(CC2CCNC2)c2c([nH]1)CCCC2. The Morgan fingerprint density at radius 3 is 3.00 bits per heavy atom. The second kappa shape index (κ2) is 4.61. The van der Waals surface area contributed by atoms with Crippen molar-refractivity contribution in [1.82, 2.24) is 15.3 Å². The van der Waals surface area contributed by atoms with E-state index in [1.54, 1.807) is 0 Å². The minimum atomic E-state index is -0.161. The van der Waals surface area contributed by atoms with Crippen LogP contribution in [0.1, 0.15) is 36.2 Å². The molecule has 0 radical (unpaired) electrons. The van der Waals surface area contributed by atoms with E-state index in [4.69, 9.17) is 0 Å². The van der Waals surface area contributed by atoms with Gasteiger partial charge in [-0.05, 0) is 63.1 Å². The highest BCUT2D eigenvalue weighted by Crippen LogP contribution is 2.23. The third-order valence-electron chi connectivity index (χ3n) is 3.95. The van der Waals surface area contributed by atoms with Gasteiger partial charge in [-0.2, -0.15) is 4.98 Å². The van der Waals surface area contributed by atoms with Crippen LogP contribution in [0.15, 0.2) is 4.79 Å². The molecule has 0 aromatic carbocycles. The third-order valence-corrected chi connectivity index (χ3v) is 3.95. The van der Waals surface area contributed by atoms with Crippen molar-refractivity contribution in [2.24, 2.45) is 5.92 Å². The van der Waals surface area contributed by atoms with E-state index < -0.39 is 0 Å². The van der Waals surface area contributed by atoms with Crippen LogP contribution >= 0.6 is 0 Å². The van der Waals surface area contributed by atoms with E-state index in [9.17, 15) is 4.79 Å². The first kappa shape index (κ1) is 11.0. The van der Waals surface area contributed by atoms with Gasteiger partial charge < -0.3 is 10.3 Å². The molecular weight excluding hydrogens is 214 g/mol. The maximum Gasteiger partial charge on any atom is 0.345 e. The highest BCUT2D eigenvalue weighted by Gasteiger charge is 2.21. The zero-order chi connectivity index (χ0) is 11.7. The van der Waals surface area contributed by atoms with Crippen LogP contribution in [-0.4, -0.2) is 23.1 Å². The standard InChI is InChI=1S/C13H19N3O/c17-13-15-11-4-2-1-3-10(11)12(16-13)7-9-5-6-14-8-9/h9,14H,1-8H2,(H,15,16,17). The van der Waals surface area contributed by atoms with E-state index in [1.165, 1.54) is 24.8 Å². The normalized spacial score (nSPS) is 23.6. The van der Waals surface area contributed by atoms with E-state index in [0.29, 0.717) is 5.92 Å². The fourth-order valence-electron chi connectivity index (χ4n) is 3.04. The summed E-state index contributed by atoms with van der Waals surface area (Å²) in [5.41, 5.74) is 3.39. The summed E-state index contributed by atoms with van der Waals surface area (Å²) < 4.78 is 0. The summed E-state index contributed by atoms with van der Waals surface area (Å²) in [6, 6.07) is 0. The van der Waals surface area contributed by atoms with Gasteiger partial charge in [0.05, 0.1) is 5.69 Å². The number of fused-ring (bicyclic) bond motifs is 1. The molecule has 2 heterocycles. The molecule has 0 saturated carbocycles. The average molecular weight is 233 g/mol. The van der Waals surface area contributed by atoms with Crippen molar-refractivity contribution in [2.45, 2.75) is 38.5 Å². The van der Waals surface area contributed by atoms with Crippen LogP contribution in [0.3, 0.4) is 0 Å². The van der Waals surface area contributed by atoms with Crippen LogP contribution in [0, 0.1) is 5.92 Å². The fraction of sp³-hybridized carbons (Fsp3) is 0.692. The lowest BCUT2D eigenvalue weighted by molar-refractivity contribution is 0.555. The van der Waals surface area contributed by atoms with Crippen LogP contribution in [-0.2, 0) is 19.3 Å². The monoisotopic (exact) mass is 233 g/mol. The Hall–Kier alpha value is -1.16. The van der Waals surface area contributed by atoms with Crippen molar-refractivity contribution in [3.8, 4) is 0 Å². The topological polar surface area (TPSA) is 57.8 Å². The molecule has 4 nitrogen and oxygen atoms in total. The Balaban J connectivity index is 1.91. The highest BCUT2D eigenvalue weighted by atomic mass is 16.1. The van der Waals surface area contributed by atoms with Crippen molar-refractivity contribution in [2.75, 3.05) is 13.1 Å². The summed E-state index contributed by atoms with van der Waals surface area (Å²) >= 11 is 0. The van der Waals surface area contributed by atoms with Gasteiger partial charge in [0.2, 0.25) is 0 Å². The summed E-state index contributed by atoms with van der Waals surface area (Å²) in [5, 5.41) is 3.37. The molecule has 2 N–H and O–H groups in total. The molecule has 2 aliphatic rings. The third kappa shape index (κ3) is 2.27. The number of rotatable bonds is 2. The van der Waals surface area contributed by atoms with Gasteiger partial charge >= 0.3 is 5.69 Å². The number of aromatic amines is 1. The zero-order valence-electron chi connectivity index (χ0n) is 10.1. The second-order valence-corrected chi connectivity index (χ2v) is 5.22. The lowest BCUT2D eigenvalue weighted by Gasteiger charge is -2.19. The number of aromatic nitrogens is 2. The molecule has 1 aliphatic carbocycles. The fourth-order valence-corrected chi connectivity index (χ4v) is 3.04. The van der Waals surface area contributed by atoms with Gasteiger partial charge in [-0.3, -0.25) is 0 Å². The smallest absolute Gasteiger partial charge is 0.316 e. The van der Waals surface area contributed by atoms with Crippen molar-refractivity contribution in [3.63, 3.8) is 0 Å². The molecule has 3 rings (SSSR count). The molecule has 1 aromatic rings. The number of nitrogens with one attached hydrogen (secondary N) is 2. The molecule has 0 amide bonds. The molecule has 1 unspecified atom stereocenters. The quantitative estimate of drug-likeness (QED) is 0.794. The summed E-state index contributed by atoms with van der Waals surface area (Å²) in [5.74, 6) is 0.662. The lowest BCUT2D eigenvalue weighted by Crippen LogP contribution is -2.23. The first-order valence-electron chi connectivity index (χ1n) is 6.64. The number of hydrogen-bond acceptors (Lipinski definition) is 3. The van der Waals surface area contributed by atoms with Crippen LogP contribution < -0.4 is 11.0 Å². The summed E-state index contributed by atoms with van der Waals surface area (Å²) in [4.78, 5) is 18.7. The Morgan fingerprint density at radius 2 is 2.18 bits per heavy atom. The van der Waals surface area contributed by atoms with Gasteiger partial charge in [0.15, 0.2) is 0 Å². The maximum absolute atomic E-state index is 11.6. The van der Waals surface area contributed by atoms with E-state index in [0.717, 1.165) is 43.7 Å². The molecular formula is C13H19N3O. The first-order chi connectivity index (χ1) is 8.33. The van der Waals surface area contributed by atoms with Crippen molar-refractivity contribution in [3.05, 3.63) is 27.4 Å². The summed E-state index contributed by atoms with van der Waals surface area (Å²) in [7, 11) is 0. The van der Waals surface area contributed by atoms with Crippen molar-refractivity contribution >= 4 is 0 Å². The Labute approximate surface area is 101 Å². The molecule has 4 heteroatoms. The Bertz CT molecular complexity index is 460. The molecule has 1 fully saturated rings. The van der Waals surface area contributed by atoms with Gasteiger partial charge in [-0.1, -0.05) is 0 Å². The first-order valence-corrected chi connectivity index (χ1v) is 6.64. The zero-order valence-corrected chi connectivity index (χ0v) is 10.1. The predicted octanol–water partition coefficient (Wildman–Crippen LogP) is 0.801. The van der Waals surface area contributed by atoms with E-state index >= 15 is 0 Å². The van der Waals surface area contributed by atoms with Gasteiger partial charge in [-0.15, -0.1) is 0 Å². The lowest BCUT2D eigenvalue weighted by atomic mass is 9.91. The number of nitrogens with zero attached hydrogens (tertiary/aromatic N) is 1. The average Bonchev–Trinajstić information content (AvgIpc) is 2.81. The molecule has 0 spiro atoms. The van der Waals surface area contributed by atoms with Gasteiger partial charge in [0, 0.05) is 5.69 Å². The largest absolute Gasteiger partial charge is 0.345 e. The van der Waals surface area contributed by atoms with Crippen molar-refractivity contribution < 1.29 is 0 Å². The van der Waals surface area contributed by atoms with E-state index in [1.807, 2.05) is 0 Å². The molecule has 0 bridgehead atoms. The van der Waals surface area contributed by atoms with Crippen LogP contribution in [0.4, 0.5) is 0 Å². The van der Waals surface area contributed by atoms with Gasteiger partial charge in [0.1, 0.15) is 0 Å². The minimum absolute atomic E-state index is 0.161. The number of hydrogen-bond donors (Lipinski definition) is 2. The maximum atomic E-state index is 11.6. The Kier molecular flexibility index (Phi) is 2.97. The summed E-state index contributed by atoms with van der Waals surface area (Å²) in [6.45, 7) is 2.18. The molecule has 1 aliphatic heterocycles. The highest BCUT2D eigenvalue weighted by molar-refractivity contribution is 5.27.